The van der Waals surface area contributed by atoms with Gasteiger partial charge in [-0.05, 0) is 29.1 Å². The van der Waals surface area contributed by atoms with Crippen LogP contribution in [0.2, 0.25) is 0 Å². The highest BCUT2D eigenvalue weighted by molar-refractivity contribution is 5.81. The van der Waals surface area contributed by atoms with Gasteiger partial charge >= 0.3 is 6.03 Å². The quantitative estimate of drug-likeness (QED) is 0.572. The largest absolute Gasteiger partial charge is 0.350 e. The molecular weight excluding hydrogens is 280 g/mol. The summed E-state index contributed by atoms with van der Waals surface area (Å²) < 4.78 is 1.87. The molecule has 1 aromatic carbocycles. The van der Waals surface area contributed by atoms with Gasteiger partial charge in [0.25, 0.3) is 0 Å². The summed E-state index contributed by atoms with van der Waals surface area (Å²) in [5.41, 5.74) is 8.06. The topological polar surface area (TPSA) is 84.4 Å². The number of carbonyl (C=O) groups excluding carboxylic acids is 1. The van der Waals surface area contributed by atoms with Gasteiger partial charge in [-0.25, -0.2) is 4.79 Å². The van der Waals surface area contributed by atoms with Gasteiger partial charge in [-0.15, -0.1) is 0 Å². The van der Waals surface area contributed by atoms with E-state index in [-0.39, 0.29) is 6.67 Å². The van der Waals surface area contributed by atoms with Crippen LogP contribution < -0.4 is 5.73 Å². The Kier molecular flexibility index (Phi) is 3.76. The Morgan fingerprint density at radius 3 is 2.82 bits per heavy atom. The first-order chi connectivity index (χ1) is 10.6. The minimum absolute atomic E-state index is 0.0154. The summed E-state index contributed by atoms with van der Waals surface area (Å²) in [5.74, 6) is 0. The van der Waals surface area contributed by atoms with E-state index in [4.69, 9.17) is 5.73 Å². The molecule has 2 amide bonds. The highest BCUT2D eigenvalue weighted by Crippen LogP contribution is 2.22. The van der Waals surface area contributed by atoms with Crippen LogP contribution in [0.3, 0.4) is 0 Å². The van der Waals surface area contributed by atoms with Crippen molar-refractivity contribution in [2.75, 3.05) is 0 Å². The Hall–Kier alpha value is -2.86. The summed E-state index contributed by atoms with van der Waals surface area (Å²) in [4.78, 5) is 15.2. The van der Waals surface area contributed by atoms with Gasteiger partial charge < -0.3 is 10.3 Å². The van der Waals surface area contributed by atoms with Crippen LogP contribution in [0.4, 0.5) is 4.79 Å². The Balaban J connectivity index is 2.02. The molecule has 0 spiro atoms. The van der Waals surface area contributed by atoms with Gasteiger partial charge in [0.2, 0.25) is 0 Å². The molecule has 0 unspecified atom stereocenters. The van der Waals surface area contributed by atoms with Crippen molar-refractivity contribution in [2.24, 2.45) is 5.73 Å². The molecule has 3 aromatic rings. The summed E-state index contributed by atoms with van der Waals surface area (Å²) in [5, 5.41) is 11.2. The van der Waals surface area contributed by atoms with Crippen LogP contribution in [0.5, 0.6) is 0 Å². The van der Waals surface area contributed by atoms with Crippen molar-refractivity contribution < 1.29 is 10.0 Å². The van der Waals surface area contributed by atoms with Crippen molar-refractivity contribution in [3.05, 3.63) is 66.1 Å². The molecule has 6 heteroatoms. The lowest BCUT2D eigenvalue weighted by Gasteiger charge is -2.16. The molecule has 22 heavy (non-hydrogen) atoms. The van der Waals surface area contributed by atoms with E-state index < -0.39 is 6.03 Å². The molecule has 3 N–H and O–H groups in total. The molecule has 0 saturated carbocycles. The zero-order chi connectivity index (χ0) is 15.5. The Morgan fingerprint density at radius 2 is 2.09 bits per heavy atom. The van der Waals surface area contributed by atoms with Crippen LogP contribution in [0.1, 0.15) is 11.3 Å². The number of nitrogens with two attached hydrogens (primary N) is 1. The maximum atomic E-state index is 11.1. The maximum Gasteiger partial charge on any atom is 0.340 e. The highest BCUT2D eigenvalue weighted by Gasteiger charge is 2.13. The van der Waals surface area contributed by atoms with E-state index in [0.717, 1.165) is 22.2 Å². The number of rotatable bonds is 4. The Bertz CT molecular complexity index is 798. The van der Waals surface area contributed by atoms with E-state index >= 15 is 0 Å². The smallest absolute Gasteiger partial charge is 0.340 e. The third-order valence-electron chi connectivity index (χ3n) is 3.53. The van der Waals surface area contributed by atoms with Crippen molar-refractivity contribution in [1.82, 2.24) is 14.6 Å². The average molecular weight is 296 g/mol. The number of urea groups is 1. The standard InChI is InChI=1S/C16H16N4O2/c17-16(21)20(22)11-19-14(8-12-4-3-7-18-10-12)9-13-5-1-2-6-15(13)19/h1-7,9-10,22H,8,11H2,(H2,17,21). The monoisotopic (exact) mass is 296 g/mol. The van der Waals surface area contributed by atoms with Crippen LogP contribution in [0.15, 0.2) is 54.9 Å². The van der Waals surface area contributed by atoms with Crippen molar-refractivity contribution in [3.8, 4) is 0 Å². The van der Waals surface area contributed by atoms with E-state index in [1.807, 2.05) is 47.0 Å². The number of carbonyl (C=O) groups is 1. The summed E-state index contributed by atoms with van der Waals surface area (Å²) in [6, 6.07) is 12.8. The number of para-hydroxylation sites is 1. The fourth-order valence-corrected chi connectivity index (χ4v) is 2.50. The molecule has 0 aliphatic rings. The Labute approximate surface area is 127 Å². The van der Waals surface area contributed by atoms with Crippen LogP contribution in [0.25, 0.3) is 10.9 Å². The van der Waals surface area contributed by atoms with Crippen molar-refractivity contribution in [2.45, 2.75) is 13.1 Å². The lowest BCUT2D eigenvalue weighted by molar-refractivity contribution is -0.0639. The molecular formula is C16H16N4O2. The number of aromatic nitrogens is 2. The van der Waals surface area contributed by atoms with Gasteiger partial charge in [0, 0.05) is 30.0 Å². The Morgan fingerprint density at radius 1 is 1.27 bits per heavy atom. The molecule has 6 nitrogen and oxygen atoms in total. The number of hydroxylamine groups is 2. The molecule has 0 saturated heterocycles. The second-order valence-corrected chi connectivity index (χ2v) is 5.04. The molecule has 0 radical (unpaired) electrons. The van der Waals surface area contributed by atoms with Gasteiger partial charge in [-0.1, -0.05) is 24.3 Å². The summed E-state index contributed by atoms with van der Waals surface area (Å²) in [6.07, 6.45) is 4.17. The van der Waals surface area contributed by atoms with Crippen LogP contribution >= 0.6 is 0 Å². The SMILES string of the molecule is NC(=O)N(O)Cn1c(Cc2cccnc2)cc2ccccc21. The van der Waals surface area contributed by atoms with Gasteiger partial charge in [0.1, 0.15) is 6.67 Å². The minimum atomic E-state index is -0.884. The first-order valence-electron chi connectivity index (χ1n) is 6.87. The van der Waals surface area contributed by atoms with Gasteiger partial charge in [-0.3, -0.25) is 10.2 Å². The van der Waals surface area contributed by atoms with Crippen LogP contribution in [-0.4, -0.2) is 25.9 Å². The van der Waals surface area contributed by atoms with Gasteiger partial charge in [0.05, 0.1) is 0 Å². The first kappa shape index (κ1) is 14.1. The number of benzene rings is 1. The molecule has 112 valence electrons. The van der Waals surface area contributed by atoms with E-state index in [1.165, 1.54) is 0 Å². The molecule has 3 rings (SSSR count). The van der Waals surface area contributed by atoms with Crippen molar-refractivity contribution in [3.63, 3.8) is 0 Å². The van der Waals surface area contributed by atoms with Crippen LogP contribution in [0, 0.1) is 0 Å². The number of nitrogens with zero attached hydrogens (tertiary/aromatic N) is 3. The number of amides is 2. The summed E-state index contributed by atoms with van der Waals surface area (Å²) >= 11 is 0. The fourth-order valence-electron chi connectivity index (χ4n) is 2.50. The van der Waals surface area contributed by atoms with E-state index in [2.05, 4.69) is 4.98 Å². The second kappa shape index (κ2) is 5.87. The molecule has 2 aromatic heterocycles. The molecule has 0 aliphatic heterocycles. The highest BCUT2D eigenvalue weighted by atomic mass is 16.5. The third-order valence-corrected chi connectivity index (χ3v) is 3.53. The first-order valence-corrected chi connectivity index (χ1v) is 6.87. The van der Waals surface area contributed by atoms with E-state index in [9.17, 15) is 10.0 Å². The minimum Gasteiger partial charge on any atom is -0.350 e. The average Bonchev–Trinajstić information content (AvgIpc) is 2.86. The number of primary amides is 1. The van der Waals surface area contributed by atoms with Crippen molar-refractivity contribution in [1.29, 1.82) is 0 Å². The zero-order valence-electron chi connectivity index (χ0n) is 11.9. The zero-order valence-corrected chi connectivity index (χ0v) is 11.9. The fraction of sp³-hybridized carbons (Fsp3) is 0.125. The second-order valence-electron chi connectivity index (χ2n) is 5.04. The predicted octanol–water partition coefficient (Wildman–Crippen LogP) is 2.35. The van der Waals surface area contributed by atoms with E-state index in [1.54, 1.807) is 12.4 Å². The molecule has 0 aliphatic carbocycles. The predicted molar refractivity (Wildman–Crippen MR) is 82.2 cm³/mol. The van der Waals surface area contributed by atoms with Gasteiger partial charge in [0.15, 0.2) is 0 Å². The number of hydrogen-bond acceptors (Lipinski definition) is 3. The third kappa shape index (κ3) is 2.77. The maximum absolute atomic E-state index is 11.1. The summed E-state index contributed by atoms with van der Waals surface area (Å²) in [6.45, 7) is -0.0154. The normalized spacial score (nSPS) is 10.8. The lowest BCUT2D eigenvalue weighted by atomic mass is 10.1. The summed E-state index contributed by atoms with van der Waals surface area (Å²) in [7, 11) is 0. The number of fused-ring (bicyclic) bond motifs is 1. The number of hydrogen-bond donors (Lipinski definition) is 2. The lowest BCUT2D eigenvalue weighted by Crippen LogP contribution is -2.34. The van der Waals surface area contributed by atoms with Gasteiger partial charge in [-0.2, -0.15) is 5.06 Å². The van der Waals surface area contributed by atoms with E-state index in [0.29, 0.717) is 11.5 Å². The molecule has 2 heterocycles. The van der Waals surface area contributed by atoms with Crippen molar-refractivity contribution >= 4 is 16.9 Å². The van der Waals surface area contributed by atoms with Crippen LogP contribution in [-0.2, 0) is 13.1 Å². The number of pyridine rings is 1. The molecule has 0 fully saturated rings. The molecule has 0 atom stereocenters. The molecule has 0 bridgehead atoms.